The topological polar surface area (TPSA) is 74.6 Å². The highest BCUT2D eigenvalue weighted by molar-refractivity contribution is 7.79. The molecule has 0 amide bonds. The molecule has 0 unspecified atom stereocenters. The molecule has 2 N–H and O–H groups in total. The minimum atomic E-state index is -4.67. The summed E-state index contributed by atoms with van der Waals surface area (Å²) in [4.78, 5) is 0. The fraction of sp³-hybridized carbons (Fsp3) is 0.333. The summed E-state index contributed by atoms with van der Waals surface area (Å²) in [5, 5.41) is 0. The molecule has 0 spiro atoms. The van der Waals surface area contributed by atoms with Gasteiger partial charge in [-0.1, -0.05) is 6.58 Å². The van der Waals surface area contributed by atoms with Gasteiger partial charge in [0.05, 0.1) is 0 Å². The predicted molar refractivity (Wildman–Crippen MR) is 30.4 cm³/mol. The Balaban J connectivity index is 0. The van der Waals surface area contributed by atoms with Crippen LogP contribution in [0.5, 0.6) is 0 Å². The van der Waals surface area contributed by atoms with Crippen molar-refractivity contribution in [3.8, 4) is 0 Å². The Labute approximate surface area is 60.9 Å². The van der Waals surface area contributed by atoms with Crippen molar-refractivity contribution in [1.82, 2.24) is 0 Å². The minimum absolute atomic E-state index is 0.0625. The average molecular weight is 194 g/mol. The number of hydrogen-bond acceptors (Lipinski definition) is 2. The smallest absolute Gasteiger partial charge is 0.264 e. The molecule has 0 fully saturated rings. The molecule has 0 aliphatic heterocycles. The average Bonchev–Trinajstić information content (AvgIpc) is 1.59. The van der Waals surface area contributed by atoms with E-state index in [1.165, 1.54) is 0 Å². The molecule has 8 heteroatoms. The molecule has 0 aromatic heterocycles. The van der Waals surface area contributed by atoms with E-state index in [-0.39, 0.29) is 6.08 Å². The van der Waals surface area contributed by atoms with Crippen LogP contribution in [0.4, 0.5) is 13.2 Å². The van der Waals surface area contributed by atoms with Crippen molar-refractivity contribution < 1.29 is 30.7 Å². The van der Waals surface area contributed by atoms with E-state index in [2.05, 4.69) is 6.58 Å². The van der Waals surface area contributed by atoms with Gasteiger partial charge in [-0.2, -0.15) is 21.6 Å². The van der Waals surface area contributed by atoms with Gasteiger partial charge < -0.3 is 0 Å². The molecule has 0 rings (SSSR count). The summed E-state index contributed by atoms with van der Waals surface area (Å²) < 4.78 is 63.6. The van der Waals surface area contributed by atoms with Crippen LogP contribution in [-0.4, -0.2) is 23.7 Å². The van der Waals surface area contributed by atoms with Gasteiger partial charge in [0.25, 0.3) is 0 Å². The van der Waals surface area contributed by atoms with Crippen LogP contribution < -0.4 is 0 Å². The van der Waals surface area contributed by atoms with Crippen molar-refractivity contribution in [2.24, 2.45) is 0 Å². The van der Waals surface area contributed by atoms with Crippen molar-refractivity contribution in [2.45, 2.75) is 6.18 Å². The first-order valence-electron chi connectivity index (χ1n) is 1.96. The van der Waals surface area contributed by atoms with Crippen molar-refractivity contribution in [3.05, 3.63) is 12.7 Å². The summed E-state index contributed by atoms with van der Waals surface area (Å²) in [5.74, 6) is 0. The van der Waals surface area contributed by atoms with Gasteiger partial charge in [-0.15, -0.1) is 0 Å². The van der Waals surface area contributed by atoms with Gasteiger partial charge >= 0.3 is 16.6 Å². The number of halogens is 3. The van der Waals surface area contributed by atoms with Gasteiger partial charge in [-0.3, -0.25) is 9.11 Å². The number of alkyl halides is 3. The summed E-state index contributed by atoms with van der Waals surface area (Å²) in [7, 11) is -4.67. The van der Waals surface area contributed by atoms with Gasteiger partial charge in [-0.25, -0.2) is 0 Å². The third-order valence-electron chi connectivity index (χ3n) is 0.231. The summed E-state index contributed by atoms with van der Waals surface area (Å²) in [6.07, 6.45) is -4.26. The van der Waals surface area contributed by atoms with Crippen LogP contribution in [0.3, 0.4) is 0 Å². The first-order valence-corrected chi connectivity index (χ1v) is 3.36. The zero-order valence-corrected chi connectivity index (χ0v) is 5.85. The maximum atomic E-state index is 10.7. The lowest BCUT2D eigenvalue weighted by Crippen LogP contribution is -1.98. The zero-order chi connectivity index (χ0) is 9.71. The Bertz CT molecular complexity index is 195. The summed E-state index contributed by atoms with van der Waals surface area (Å²) in [6, 6.07) is 0. The molecular formula is C3H5F3O4S. The minimum Gasteiger partial charge on any atom is -0.264 e. The van der Waals surface area contributed by atoms with Crippen LogP contribution in [0, 0.1) is 0 Å². The van der Waals surface area contributed by atoms with Crippen LogP contribution in [0.1, 0.15) is 0 Å². The quantitative estimate of drug-likeness (QED) is 0.447. The highest BCUT2D eigenvalue weighted by Gasteiger charge is 2.19. The van der Waals surface area contributed by atoms with Crippen LogP contribution >= 0.6 is 0 Å². The number of allylic oxidation sites excluding steroid dienone is 1. The fourth-order valence-electron chi connectivity index (χ4n) is 0. The molecular weight excluding hydrogens is 189 g/mol. The zero-order valence-electron chi connectivity index (χ0n) is 5.04. The third-order valence-corrected chi connectivity index (χ3v) is 0.231. The summed E-state index contributed by atoms with van der Waals surface area (Å²) in [5.41, 5.74) is 0. The molecule has 0 atom stereocenters. The van der Waals surface area contributed by atoms with Gasteiger partial charge in [0, 0.05) is 6.08 Å². The maximum Gasteiger partial charge on any atom is 0.409 e. The SMILES string of the molecule is C=CC(F)(F)F.O=S(=O)(O)O. The molecule has 0 radical (unpaired) electrons. The van der Waals surface area contributed by atoms with Gasteiger partial charge in [0.15, 0.2) is 0 Å². The van der Waals surface area contributed by atoms with E-state index in [4.69, 9.17) is 17.5 Å². The molecule has 0 saturated carbocycles. The highest BCUT2D eigenvalue weighted by Crippen LogP contribution is 2.13. The molecule has 0 aromatic rings. The van der Waals surface area contributed by atoms with E-state index in [0.717, 1.165) is 0 Å². The molecule has 0 saturated heterocycles. The summed E-state index contributed by atoms with van der Waals surface area (Å²) in [6.45, 7) is 2.51. The van der Waals surface area contributed by atoms with Gasteiger partial charge in [0.2, 0.25) is 0 Å². The van der Waals surface area contributed by atoms with E-state index in [1.807, 2.05) is 0 Å². The molecule has 4 nitrogen and oxygen atoms in total. The lowest BCUT2D eigenvalue weighted by Gasteiger charge is -1.91. The Morgan fingerprint density at radius 3 is 1.36 bits per heavy atom. The summed E-state index contributed by atoms with van der Waals surface area (Å²) >= 11 is 0. The normalized spacial score (nSPS) is 11.4. The number of rotatable bonds is 0. The number of hydrogen-bond donors (Lipinski definition) is 2. The second kappa shape index (κ2) is 4.31. The first-order chi connectivity index (χ1) is 4.56. The van der Waals surface area contributed by atoms with E-state index in [9.17, 15) is 13.2 Å². The highest BCUT2D eigenvalue weighted by atomic mass is 32.3. The largest absolute Gasteiger partial charge is 0.409 e. The van der Waals surface area contributed by atoms with Crippen LogP contribution in [-0.2, 0) is 10.4 Å². The van der Waals surface area contributed by atoms with Crippen molar-refractivity contribution in [1.29, 1.82) is 0 Å². The monoisotopic (exact) mass is 194 g/mol. The molecule has 0 aliphatic carbocycles. The molecule has 11 heavy (non-hydrogen) atoms. The van der Waals surface area contributed by atoms with Crippen LogP contribution in [0.15, 0.2) is 12.7 Å². The van der Waals surface area contributed by atoms with Gasteiger partial charge in [-0.05, 0) is 0 Å². The van der Waals surface area contributed by atoms with E-state index in [1.54, 1.807) is 0 Å². The molecule has 0 aromatic carbocycles. The van der Waals surface area contributed by atoms with Crippen molar-refractivity contribution in [3.63, 3.8) is 0 Å². The molecule has 68 valence electrons. The Hall–Kier alpha value is -0.600. The van der Waals surface area contributed by atoms with Gasteiger partial charge in [0.1, 0.15) is 0 Å². The fourth-order valence-corrected chi connectivity index (χ4v) is 0. The molecule has 0 heterocycles. The van der Waals surface area contributed by atoms with Crippen LogP contribution in [0.25, 0.3) is 0 Å². The lowest BCUT2D eigenvalue weighted by atomic mass is 10.6. The Morgan fingerprint density at radius 1 is 1.27 bits per heavy atom. The van der Waals surface area contributed by atoms with Crippen molar-refractivity contribution >= 4 is 10.4 Å². The maximum absolute atomic E-state index is 10.7. The van der Waals surface area contributed by atoms with Crippen LogP contribution in [0.2, 0.25) is 0 Å². The predicted octanol–water partition coefficient (Wildman–Crippen LogP) is 1.08. The Kier molecular flexibility index (Phi) is 5.11. The molecule has 0 bridgehead atoms. The van der Waals surface area contributed by atoms with E-state index in [0.29, 0.717) is 0 Å². The standard InChI is InChI=1S/C3H3F3.H2O4S/c1-2-3(4,5)6;1-5(2,3)4/h2H,1H2;(H2,1,2,3,4). The lowest BCUT2D eigenvalue weighted by molar-refractivity contribution is -0.0795. The van der Waals surface area contributed by atoms with E-state index < -0.39 is 16.6 Å². The third kappa shape index (κ3) is 89.4. The first kappa shape index (κ1) is 13.0. The van der Waals surface area contributed by atoms with E-state index >= 15 is 0 Å². The second-order valence-electron chi connectivity index (χ2n) is 1.19. The second-order valence-corrected chi connectivity index (χ2v) is 2.09. The Morgan fingerprint density at radius 2 is 1.36 bits per heavy atom. The molecule has 0 aliphatic rings. The van der Waals surface area contributed by atoms with Crippen molar-refractivity contribution in [2.75, 3.05) is 0 Å².